The van der Waals surface area contributed by atoms with Gasteiger partial charge in [0.2, 0.25) is 0 Å². The number of hydrogen-bond acceptors (Lipinski definition) is 0. The summed E-state index contributed by atoms with van der Waals surface area (Å²) >= 11 is 0. The average Bonchev–Trinajstić information content (AvgIpc) is 2.88. The van der Waals surface area contributed by atoms with E-state index in [9.17, 15) is 0 Å². The van der Waals surface area contributed by atoms with Crippen molar-refractivity contribution in [2.75, 3.05) is 0 Å². The van der Waals surface area contributed by atoms with Crippen LogP contribution in [0.3, 0.4) is 0 Å². The zero-order valence-electron chi connectivity index (χ0n) is 19.5. The van der Waals surface area contributed by atoms with E-state index in [0.29, 0.717) is 0 Å². The first-order valence-corrected chi connectivity index (χ1v) is 16.3. The van der Waals surface area contributed by atoms with E-state index in [1.54, 1.807) is 5.16 Å². The maximum Gasteiger partial charge on any atom is 1.00 e. The summed E-state index contributed by atoms with van der Waals surface area (Å²) in [5.41, 5.74) is 0. The van der Waals surface area contributed by atoms with Gasteiger partial charge in [0.25, 0.3) is 0 Å². The second-order valence-corrected chi connectivity index (χ2v) is 17.0. The Morgan fingerprint density at radius 2 is 0.727 bits per heavy atom. The minimum absolute atomic E-state index is 0. The van der Waals surface area contributed by atoms with Crippen LogP contribution in [0.25, 0.3) is 0 Å². The first-order valence-electron chi connectivity index (χ1n) is 11.3. The van der Waals surface area contributed by atoms with Crippen molar-refractivity contribution in [3.05, 3.63) is 139 Å². The Hall–Kier alpha value is -2.56. The van der Waals surface area contributed by atoms with Gasteiger partial charge in [0.05, 0.1) is 16.1 Å². The van der Waals surface area contributed by atoms with Gasteiger partial charge in [-0.1, -0.05) is 155 Å². The number of hydrogen-bond donors (Lipinski definition) is 0. The Bertz CT molecular complexity index is 975. The van der Waals surface area contributed by atoms with E-state index in [-0.39, 0.29) is 17.1 Å². The van der Waals surface area contributed by atoms with Crippen LogP contribution in [0.2, 0.25) is 13.1 Å². The fourth-order valence-corrected chi connectivity index (χ4v) is 17.1. The van der Waals surface area contributed by atoms with E-state index in [0.717, 1.165) is 0 Å². The second-order valence-electron chi connectivity index (χ2n) is 8.63. The van der Waals surface area contributed by atoms with E-state index >= 15 is 0 Å². The van der Waals surface area contributed by atoms with Crippen LogP contribution in [0.5, 0.6) is 0 Å². The minimum Gasteiger partial charge on any atom is -0.234 e. The maximum atomic E-state index is 2.55. The Balaban J connectivity index is 0.00000306. The molecular weight excluding hydrogens is 480 g/mol. The first kappa shape index (κ1) is 25.1. The van der Waals surface area contributed by atoms with E-state index in [1.807, 2.05) is 0 Å². The average molecular weight is 511 g/mol. The normalized spacial score (nSPS) is 11.7. The van der Waals surface area contributed by atoms with Crippen LogP contribution in [0.1, 0.15) is 6.92 Å². The van der Waals surface area contributed by atoms with Gasteiger partial charge < -0.3 is 0 Å². The Kier molecular flexibility index (Phi) is 8.39. The molecule has 0 saturated heterocycles. The van der Waals surface area contributed by atoms with Crippen LogP contribution in [0.15, 0.2) is 133 Å². The van der Waals surface area contributed by atoms with Crippen molar-refractivity contribution in [2.24, 2.45) is 0 Å². The van der Waals surface area contributed by atoms with Crippen molar-refractivity contribution >= 4 is 36.9 Å². The molecule has 0 aliphatic carbocycles. The van der Waals surface area contributed by atoms with Crippen molar-refractivity contribution in [1.82, 2.24) is 0 Å². The summed E-state index contributed by atoms with van der Waals surface area (Å²) in [5.74, 6) is 0. The zero-order valence-corrected chi connectivity index (χ0v) is 22.4. The van der Waals surface area contributed by atoms with Gasteiger partial charge in [0.15, 0.2) is 0 Å². The van der Waals surface area contributed by atoms with Crippen LogP contribution in [-0.4, -0.2) is 16.1 Å². The fraction of sp³-hybridized carbons (Fsp3) is 0.100. The van der Waals surface area contributed by atoms with Crippen LogP contribution in [0, 0.1) is 5.16 Å². The van der Waals surface area contributed by atoms with Gasteiger partial charge in [0, 0.05) is 0 Å². The summed E-state index contributed by atoms with van der Waals surface area (Å²) in [4.78, 5) is 0. The maximum absolute atomic E-state index is 2.55. The number of benzene rings is 4. The number of allylic oxidation sites excluding steroid dienone is 2. The van der Waals surface area contributed by atoms with Gasteiger partial charge in [-0.25, -0.2) is 17.3 Å². The molecule has 0 spiro atoms. The fourth-order valence-electron chi connectivity index (χ4n) is 5.04. The predicted molar refractivity (Wildman–Crippen MR) is 146 cm³/mol. The smallest absolute Gasteiger partial charge is 0.234 e. The number of rotatable bonds is 7. The van der Waals surface area contributed by atoms with Crippen molar-refractivity contribution in [3.8, 4) is 0 Å². The summed E-state index contributed by atoms with van der Waals surface area (Å²) < 4.78 is 0. The summed E-state index contributed by atoms with van der Waals surface area (Å²) in [5, 5.41) is 7.48. The molecule has 0 aliphatic heterocycles. The summed E-state index contributed by atoms with van der Waals surface area (Å²) in [6.07, 6.45) is 4.71. The quantitative estimate of drug-likeness (QED) is 0.242. The first-order chi connectivity index (χ1) is 15.6. The molecule has 0 N–H and O–H groups in total. The standard InChI is InChI=1S/C30H31Si2.Cu/c1-4-17-30(31(2,26-18-9-5-10-19-26)27-20-11-6-12-21-27)32(3,28-22-13-7-14-23-28)29-24-15-8-16-25-29;/h4-25H,1-3H3;/q-1;+1/b17-4+;. The molecule has 0 aliphatic rings. The Morgan fingerprint density at radius 1 is 0.485 bits per heavy atom. The van der Waals surface area contributed by atoms with Crippen LogP contribution >= 0.6 is 0 Å². The molecular formula is C30H31CuSi2. The van der Waals surface area contributed by atoms with E-state index < -0.39 is 16.1 Å². The molecule has 0 aromatic heterocycles. The monoisotopic (exact) mass is 510 g/mol. The molecule has 0 radical (unpaired) electrons. The molecule has 4 aromatic carbocycles. The molecule has 0 amide bonds. The topological polar surface area (TPSA) is 0 Å². The van der Waals surface area contributed by atoms with Crippen molar-refractivity contribution < 1.29 is 17.1 Å². The molecule has 4 rings (SSSR count). The zero-order chi connectivity index (χ0) is 22.4. The third kappa shape index (κ3) is 4.73. The molecule has 33 heavy (non-hydrogen) atoms. The molecule has 0 fully saturated rings. The van der Waals surface area contributed by atoms with Gasteiger partial charge in [-0.3, -0.25) is 0 Å². The SMILES string of the molecule is C/C=C/[C-]([Si](C)(c1ccccc1)c1ccccc1)[Si](C)(c1ccccc1)c1ccccc1.[Cu+]. The molecule has 0 atom stereocenters. The van der Waals surface area contributed by atoms with Crippen LogP contribution < -0.4 is 20.7 Å². The molecule has 0 bridgehead atoms. The third-order valence-electron chi connectivity index (χ3n) is 6.82. The van der Waals surface area contributed by atoms with Gasteiger partial charge in [-0.2, -0.15) is 0 Å². The van der Waals surface area contributed by atoms with Gasteiger partial charge in [-0.05, 0) is 0 Å². The molecule has 4 aromatic rings. The van der Waals surface area contributed by atoms with E-state index in [1.165, 1.54) is 20.7 Å². The second kappa shape index (κ2) is 11.0. The molecule has 0 saturated carbocycles. The van der Waals surface area contributed by atoms with Crippen molar-refractivity contribution in [2.45, 2.75) is 20.0 Å². The van der Waals surface area contributed by atoms with Gasteiger partial charge in [-0.15, -0.1) is 6.92 Å². The molecule has 0 nitrogen and oxygen atoms in total. The molecule has 0 heterocycles. The van der Waals surface area contributed by atoms with Gasteiger partial charge >= 0.3 is 17.1 Å². The molecule has 170 valence electrons. The Morgan fingerprint density at radius 3 is 0.939 bits per heavy atom. The largest absolute Gasteiger partial charge is 1.00 e. The third-order valence-corrected chi connectivity index (χ3v) is 18.3. The Labute approximate surface area is 211 Å². The molecule has 3 heteroatoms. The van der Waals surface area contributed by atoms with Crippen LogP contribution in [-0.2, 0) is 17.1 Å². The minimum atomic E-state index is -2.26. The van der Waals surface area contributed by atoms with E-state index in [2.05, 4.69) is 153 Å². The predicted octanol–water partition coefficient (Wildman–Crippen LogP) is 5.00. The van der Waals surface area contributed by atoms with Crippen molar-refractivity contribution in [1.29, 1.82) is 0 Å². The van der Waals surface area contributed by atoms with Gasteiger partial charge in [0.1, 0.15) is 0 Å². The summed E-state index contributed by atoms with van der Waals surface area (Å²) in [7, 11) is -4.52. The van der Waals surface area contributed by atoms with Crippen molar-refractivity contribution in [3.63, 3.8) is 0 Å². The van der Waals surface area contributed by atoms with Crippen LogP contribution in [0.4, 0.5) is 0 Å². The van der Waals surface area contributed by atoms with E-state index in [4.69, 9.17) is 0 Å². The summed E-state index contributed by atoms with van der Waals surface area (Å²) in [6, 6.07) is 44.8. The molecule has 0 unspecified atom stereocenters. The summed E-state index contributed by atoms with van der Waals surface area (Å²) in [6.45, 7) is 7.25.